The van der Waals surface area contributed by atoms with E-state index in [0.29, 0.717) is 5.54 Å². The molecule has 0 spiro atoms. The monoisotopic (exact) mass is 268 g/mol. The molecular weight excluding hydrogens is 236 g/mol. The number of nitrogens with one attached hydrogen (secondary N) is 1. The lowest BCUT2D eigenvalue weighted by atomic mass is 9.91. The maximum absolute atomic E-state index is 5.76. The van der Waals surface area contributed by atoms with E-state index in [0.717, 1.165) is 38.3 Å². The van der Waals surface area contributed by atoms with Gasteiger partial charge in [-0.2, -0.15) is 0 Å². The molecule has 1 aliphatic carbocycles. The van der Waals surface area contributed by atoms with E-state index >= 15 is 0 Å². The van der Waals surface area contributed by atoms with Gasteiger partial charge in [-0.3, -0.25) is 4.90 Å². The number of hydrogen-bond donors (Lipinski definition) is 1. The van der Waals surface area contributed by atoms with Gasteiger partial charge in [0.1, 0.15) is 0 Å². The van der Waals surface area contributed by atoms with E-state index < -0.39 is 0 Å². The predicted molar refractivity (Wildman–Crippen MR) is 80.5 cm³/mol. The Bertz CT molecular complexity index is 267. The van der Waals surface area contributed by atoms with Gasteiger partial charge >= 0.3 is 0 Å². The lowest BCUT2D eigenvalue weighted by Gasteiger charge is -2.48. The molecule has 0 radical (unpaired) electrons. The van der Waals surface area contributed by atoms with Crippen LogP contribution < -0.4 is 5.32 Å². The largest absolute Gasteiger partial charge is 0.380 e. The normalized spacial score (nSPS) is 32.7. The molecule has 1 saturated heterocycles. The molecular formula is C16H32N2O. The molecule has 2 aliphatic rings. The van der Waals surface area contributed by atoms with Gasteiger partial charge in [0.15, 0.2) is 0 Å². The average molecular weight is 268 g/mol. The SMILES string of the molecule is CCCCOCCN1CC(C2CC2)NCC1(C)CC. The van der Waals surface area contributed by atoms with Gasteiger partial charge in [0, 0.05) is 37.8 Å². The van der Waals surface area contributed by atoms with Gasteiger partial charge < -0.3 is 10.1 Å². The third-order valence-electron chi connectivity index (χ3n) is 5.03. The van der Waals surface area contributed by atoms with Crippen LogP contribution in [0.1, 0.15) is 52.9 Å². The molecule has 2 rings (SSSR count). The van der Waals surface area contributed by atoms with E-state index in [1.165, 1.54) is 38.6 Å². The van der Waals surface area contributed by atoms with Crippen molar-refractivity contribution in [2.75, 3.05) is 32.8 Å². The van der Waals surface area contributed by atoms with Crippen molar-refractivity contribution in [3.05, 3.63) is 0 Å². The smallest absolute Gasteiger partial charge is 0.0593 e. The Morgan fingerprint density at radius 3 is 2.68 bits per heavy atom. The number of unbranched alkanes of at least 4 members (excludes halogenated alkanes) is 1. The molecule has 1 saturated carbocycles. The first kappa shape index (κ1) is 15.3. The van der Waals surface area contributed by atoms with E-state index in [9.17, 15) is 0 Å². The fraction of sp³-hybridized carbons (Fsp3) is 1.00. The molecule has 0 bridgehead atoms. The molecule has 2 atom stereocenters. The third kappa shape index (κ3) is 4.17. The quantitative estimate of drug-likeness (QED) is 0.685. The van der Waals surface area contributed by atoms with Crippen molar-refractivity contribution in [1.82, 2.24) is 10.2 Å². The molecule has 0 amide bonds. The Balaban J connectivity index is 1.78. The van der Waals surface area contributed by atoms with Crippen LogP contribution in [0.3, 0.4) is 0 Å². The summed E-state index contributed by atoms with van der Waals surface area (Å²) in [5.74, 6) is 0.949. The molecule has 0 aromatic rings. The second-order valence-corrected chi connectivity index (χ2v) is 6.59. The van der Waals surface area contributed by atoms with Crippen molar-refractivity contribution >= 4 is 0 Å². The first-order valence-corrected chi connectivity index (χ1v) is 8.26. The summed E-state index contributed by atoms with van der Waals surface area (Å²) in [5.41, 5.74) is 0.319. The van der Waals surface area contributed by atoms with Crippen LogP contribution in [0.4, 0.5) is 0 Å². The third-order valence-corrected chi connectivity index (χ3v) is 5.03. The number of hydrogen-bond acceptors (Lipinski definition) is 3. The first-order valence-electron chi connectivity index (χ1n) is 8.26. The molecule has 0 aromatic carbocycles. The maximum atomic E-state index is 5.76. The minimum atomic E-state index is 0.319. The van der Waals surface area contributed by atoms with Crippen LogP contribution in [-0.4, -0.2) is 49.3 Å². The van der Waals surface area contributed by atoms with Crippen molar-refractivity contribution in [2.24, 2.45) is 5.92 Å². The molecule has 1 N–H and O–H groups in total. The Morgan fingerprint density at radius 1 is 1.26 bits per heavy atom. The lowest BCUT2D eigenvalue weighted by Crippen LogP contribution is -2.64. The fourth-order valence-electron chi connectivity index (χ4n) is 3.03. The van der Waals surface area contributed by atoms with Crippen LogP contribution in [0.25, 0.3) is 0 Å². The highest BCUT2D eigenvalue weighted by atomic mass is 16.5. The van der Waals surface area contributed by atoms with Crippen LogP contribution in [0, 0.1) is 5.92 Å². The topological polar surface area (TPSA) is 24.5 Å². The highest BCUT2D eigenvalue weighted by Gasteiger charge is 2.41. The zero-order chi connectivity index (χ0) is 13.7. The van der Waals surface area contributed by atoms with E-state index in [2.05, 4.69) is 31.0 Å². The van der Waals surface area contributed by atoms with Crippen LogP contribution in [-0.2, 0) is 4.74 Å². The average Bonchev–Trinajstić information content (AvgIpc) is 3.25. The summed E-state index contributed by atoms with van der Waals surface area (Å²) in [6, 6.07) is 0.732. The molecule has 2 unspecified atom stereocenters. The van der Waals surface area contributed by atoms with Crippen molar-refractivity contribution in [3.8, 4) is 0 Å². The van der Waals surface area contributed by atoms with Gasteiger partial charge in [0.2, 0.25) is 0 Å². The Hall–Kier alpha value is -0.120. The van der Waals surface area contributed by atoms with Crippen LogP contribution in [0.15, 0.2) is 0 Å². The summed E-state index contributed by atoms with van der Waals surface area (Å²) >= 11 is 0. The van der Waals surface area contributed by atoms with E-state index in [1.54, 1.807) is 0 Å². The highest BCUT2D eigenvalue weighted by molar-refractivity contribution is 4.99. The zero-order valence-electron chi connectivity index (χ0n) is 13.1. The summed E-state index contributed by atoms with van der Waals surface area (Å²) in [6.07, 6.45) is 6.50. The minimum absolute atomic E-state index is 0.319. The summed E-state index contributed by atoms with van der Waals surface area (Å²) in [6.45, 7) is 12.2. The van der Waals surface area contributed by atoms with E-state index in [1.807, 2.05) is 0 Å². The number of rotatable bonds is 8. The molecule has 3 heteroatoms. The van der Waals surface area contributed by atoms with Gasteiger partial charge in [-0.1, -0.05) is 20.3 Å². The van der Waals surface area contributed by atoms with E-state index in [4.69, 9.17) is 4.74 Å². The van der Waals surface area contributed by atoms with Crippen molar-refractivity contribution < 1.29 is 4.74 Å². The Labute approximate surface area is 119 Å². The number of nitrogens with zero attached hydrogens (tertiary/aromatic N) is 1. The van der Waals surface area contributed by atoms with Crippen LogP contribution >= 0.6 is 0 Å². The van der Waals surface area contributed by atoms with Crippen molar-refractivity contribution in [2.45, 2.75) is 64.5 Å². The Kier molecular flexibility index (Phi) is 5.67. The summed E-state index contributed by atoms with van der Waals surface area (Å²) in [4.78, 5) is 2.68. The van der Waals surface area contributed by atoms with Gasteiger partial charge in [0.05, 0.1) is 6.61 Å². The first-order chi connectivity index (χ1) is 9.19. The maximum Gasteiger partial charge on any atom is 0.0593 e. The second-order valence-electron chi connectivity index (χ2n) is 6.59. The van der Waals surface area contributed by atoms with Gasteiger partial charge in [-0.15, -0.1) is 0 Å². The second kappa shape index (κ2) is 7.05. The molecule has 1 aliphatic heterocycles. The molecule has 1 heterocycles. The molecule has 112 valence electrons. The van der Waals surface area contributed by atoms with Crippen LogP contribution in [0.2, 0.25) is 0 Å². The van der Waals surface area contributed by atoms with Crippen molar-refractivity contribution in [1.29, 1.82) is 0 Å². The lowest BCUT2D eigenvalue weighted by molar-refractivity contribution is 0.0135. The summed E-state index contributed by atoms with van der Waals surface area (Å²) in [7, 11) is 0. The molecule has 19 heavy (non-hydrogen) atoms. The van der Waals surface area contributed by atoms with Gasteiger partial charge in [-0.05, 0) is 38.5 Å². The molecule has 2 fully saturated rings. The standard InChI is InChI=1S/C16H32N2O/c1-4-6-10-19-11-9-18-12-15(14-7-8-14)17-13-16(18,3)5-2/h14-15,17H,4-13H2,1-3H3. The van der Waals surface area contributed by atoms with Crippen LogP contribution in [0.5, 0.6) is 0 Å². The van der Waals surface area contributed by atoms with E-state index in [-0.39, 0.29) is 0 Å². The summed E-state index contributed by atoms with van der Waals surface area (Å²) in [5, 5.41) is 3.78. The van der Waals surface area contributed by atoms with Gasteiger partial charge in [0.25, 0.3) is 0 Å². The fourth-order valence-corrected chi connectivity index (χ4v) is 3.03. The highest BCUT2D eigenvalue weighted by Crippen LogP contribution is 2.36. The van der Waals surface area contributed by atoms with Gasteiger partial charge in [-0.25, -0.2) is 0 Å². The molecule has 3 nitrogen and oxygen atoms in total. The zero-order valence-corrected chi connectivity index (χ0v) is 13.1. The minimum Gasteiger partial charge on any atom is -0.380 e. The molecule has 0 aromatic heterocycles. The Morgan fingerprint density at radius 2 is 2.05 bits per heavy atom. The number of ether oxygens (including phenoxy) is 1. The summed E-state index contributed by atoms with van der Waals surface area (Å²) < 4.78 is 5.76. The predicted octanol–water partition coefficient (Wildman–Crippen LogP) is 2.66. The van der Waals surface area contributed by atoms with Crippen molar-refractivity contribution in [3.63, 3.8) is 0 Å². The number of piperazine rings is 1.